The maximum absolute atomic E-state index is 10.7. The summed E-state index contributed by atoms with van der Waals surface area (Å²) in [5, 5.41) is 18.4. The lowest BCUT2D eigenvalue weighted by Crippen LogP contribution is -2.00. The van der Waals surface area contributed by atoms with Gasteiger partial charge in [0.05, 0.1) is 0 Å². The Morgan fingerprint density at radius 2 is 2.26 bits per heavy atom. The largest absolute Gasteiger partial charge is 0.476 e. The lowest BCUT2D eigenvalue weighted by molar-refractivity contribution is -0.390. The highest BCUT2D eigenvalue weighted by atomic mass is 16.6. The third-order valence-electron chi connectivity index (χ3n) is 2.25. The zero-order valence-electron chi connectivity index (χ0n) is 10.4. The molecule has 0 aliphatic rings. The minimum absolute atomic E-state index is 0.0355. The van der Waals surface area contributed by atoms with E-state index in [1.165, 1.54) is 12.3 Å². The Labute approximate surface area is 108 Å². The molecule has 2 aromatic heterocycles. The Bertz CT molecular complexity index is 582. The van der Waals surface area contributed by atoms with E-state index in [4.69, 9.17) is 9.15 Å². The monoisotopic (exact) mass is 264 g/mol. The van der Waals surface area contributed by atoms with Gasteiger partial charge in [-0.05, 0) is 22.0 Å². The van der Waals surface area contributed by atoms with Gasteiger partial charge in [0.25, 0.3) is 5.89 Å². The first-order valence-electron chi connectivity index (χ1n) is 5.62. The van der Waals surface area contributed by atoms with Crippen molar-refractivity contribution < 1.29 is 14.1 Å². The van der Waals surface area contributed by atoms with Crippen molar-refractivity contribution in [3.63, 3.8) is 0 Å². The number of rotatable bonds is 5. The quantitative estimate of drug-likeness (QED) is 0.601. The van der Waals surface area contributed by atoms with Crippen LogP contribution in [-0.2, 0) is 6.61 Å². The van der Waals surface area contributed by atoms with E-state index in [-0.39, 0.29) is 30.0 Å². The average molecular weight is 264 g/mol. The number of hydrogen-bond acceptors (Lipinski definition) is 7. The maximum Gasteiger partial charge on any atom is 0.406 e. The molecule has 8 nitrogen and oxygen atoms in total. The molecule has 0 fully saturated rings. The van der Waals surface area contributed by atoms with Crippen LogP contribution in [0.25, 0.3) is 0 Å². The Kier molecular flexibility index (Phi) is 3.69. The summed E-state index contributed by atoms with van der Waals surface area (Å²) in [5.41, 5.74) is 0. The van der Waals surface area contributed by atoms with Crippen LogP contribution >= 0.6 is 0 Å². The second-order valence-electron chi connectivity index (χ2n) is 4.06. The van der Waals surface area contributed by atoms with Crippen molar-refractivity contribution in [3.05, 3.63) is 40.2 Å². The van der Waals surface area contributed by atoms with Crippen LogP contribution in [0.2, 0.25) is 0 Å². The van der Waals surface area contributed by atoms with E-state index in [1.54, 1.807) is 6.07 Å². The second kappa shape index (κ2) is 5.42. The number of nitro groups is 1. The average Bonchev–Trinajstić information content (AvgIpc) is 2.85. The van der Waals surface area contributed by atoms with E-state index >= 15 is 0 Å². The summed E-state index contributed by atoms with van der Waals surface area (Å²) in [6.45, 7) is 3.81. The topological polar surface area (TPSA) is 104 Å². The first kappa shape index (κ1) is 12.9. The number of nitrogens with zero attached hydrogens (tertiary/aromatic N) is 4. The molecule has 2 heterocycles. The van der Waals surface area contributed by atoms with Crippen molar-refractivity contribution in [2.24, 2.45) is 0 Å². The fourth-order valence-corrected chi connectivity index (χ4v) is 1.33. The van der Waals surface area contributed by atoms with Crippen molar-refractivity contribution in [2.45, 2.75) is 26.4 Å². The standard InChI is InChI=1S/C11H12N4O4/c1-7(2)11-14-13-9(19-11)6-18-8-4-3-5-12-10(8)15(16)17/h3-5,7H,6H2,1-2H3. The molecule has 19 heavy (non-hydrogen) atoms. The van der Waals surface area contributed by atoms with Crippen molar-refractivity contribution >= 4 is 5.82 Å². The van der Waals surface area contributed by atoms with Crippen LogP contribution in [0, 0.1) is 10.1 Å². The lowest BCUT2D eigenvalue weighted by Gasteiger charge is -2.02. The zero-order chi connectivity index (χ0) is 13.8. The summed E-state index contributed by atoms with van der Waals surface area (Å²) in [6, 6.07) is 3.01. The number of ether oxygens (including phenoxy) is 1. The summed E-state index contributed by atoms with van der Waals surface area (Å²) >= 11 is 0. The van der Waals surface area contributed by atoms with Crippen molar-refractivity contribution in [1.82, 2.24) is 15.2 Å². The molecule has 0 aliphatic heterocycles. The van der Waals surface area contributed by atoms with Crippen LogP contribution in [0.4, 0.5) is 5.82 Å². The van der Waals surface area contributed by atoms with Gasteiger partial charge < -0.3 is 19.3 Å². The Morgan fingerprint density at radius 3 is 2.89 bits per heavy atom. The van der Waals surface area contributed by atoms with Gasteiger partial charge in [-0.2, -0.15) is 0 Å². The number of pyridine rings is 1. The van der Waals surface area contributed by atoms with Gasteiger partial charge in [0.2, 0.25) is 11.6 Å². The molecular formula is C11H12N4O4. The molecule has 0 bridgehead atoms. The van der Waals surface area contributed by atoms with Crippen LogP contribution in [0.1, 0.15) is 31.5 Å². The van der Waals surface area contributed by atoms with Crippen molar-refractivity contribution in [2.75, 3.05) is 0 Å². The molecule has 0 atom stereocenters. The predicted octanol–water partition coefficient (Wildman–Crippen LogP) is 2.08. The highest BCUT2D eigenvalue weighted by Crippen LogP contribution is 2.24. The Hall–Kier alpha value is -2.51. The molecule has 0 spiro atoms. The minimum atomic E-state index is -0.608. The zero-order valence-corrected chi connectivity index (χ0v) is 10.4. The molecule has 0 amide bonds. The Morgan fingerprint density at radius 1 is 1.47 bits per heavy atom. The normalized spacial score (nSPS) is 10.7. The number of aromatic nitrogens is 3. The highest BCUT2D eigenvalue weighted by molar-refractivity contribution is 5.38. The summed E-state index contributed by atoms with van der Waals surface area (Å²) in [7, 11) is 0. The van der Waals surface area contributed by atoms with Crippen LogP contribution in [0.3, 0.4) is 0 Å². The molecule has 0 saturated heterocycles. The molecule has 0 saturated carbocycles. The fourth-order valence-electron chi connectivity index (χ4n) is 1.33. The third-order valence-corrected chi connectivity index (χ3v) is 2.25. The predicted molar refractivity (Wildman–Crippen MR) is 63.6 cm³/mol. The minimum Gasteiger partial charge on any atom is -0.476 e. The van der Waals surface area contributed by atoms with Crippen molar-refractivity contribution in [1.29, 1.82) is 0 Å². The van der Waals surface area contributed by atoms with Crippen molar-refractivity contribution in [3.8, 4) is 5.75 Å². The smallest absolute Gasteiger partial charge is 0.406 e. The third kappa shape index (κ3) is 3.03. The van der Waals surface area contributed by atoms with E-state index in [0.717, 1.165) is 0 Å². The van der Waals surface area contributed by atoms with E-state index in [2.05, 4.69) is 15.2 Å². The van der Waals surface area contributed by atoms with Gasteiger partial charge in [-0.15, -0.1) is 10.2 Å². The lowest BCUT2D eigenvalue weighted by atomic mass is 10.2. The molecule has 0 unspecified atom stereocenters. The Balaban J connectivity index is 2.08. The van der Waals surface area contributed by atoms with Gasteiger partial charge in [0.1, 0.15) is 6.20 Å². The molecule has 0 aromatic carbocycles. The van der Waals surface area contributed by atoms with Crippen LogP contribution in [0.15, 0.2) is 22.7 Å². The fraction of sp³-hybridized carbons (Fsp3) is 0.364. The van der Waals surface area contributed by atoms with Gasteiger partial charge in [-0.25, -0.2) is 0 Å². The number of hydrogen-bond donors (Lipinski definition) is 0. The van der Waals surface area contributed by atoms with Gasteiger partial charge >= 0.3 is 5.82 Å². The first-order valence-corrected chi connectivity index (χ1v) is 5.62. The van der Waals surface area contributed by atoms with E-state index in [0.29, 0.717) is 5.89 Å². The summed E-state index contributed by atoms with van der Waals surface area (Å²) in [6.07, 6.45) is 1.33. The van der Waals surface area contributed by atoms with Gasteiger partial charge in [-0.1, -0.05) is 13.8 Å². The summed E-state index contributed by atoms with van der Waals surface area (Å²) in [5.74, 6) is 0.609. The molecule has 2 aromatic rings. The molecule has 0 N–H and O–H groups in total. The van der Waals surface area contributed by atoms with Crippen LogP contribution in [-0.4, -0.2) is 20.1 Å². The van der Waals surface area contributed by atoms with Gasteiger partial charge in [0, 0.05) is 5.92 Å². The molecule has 0 aliphatic carbocycles. The van der Waals surface area contributed by atoms with Crippen LogP contribution in [0.5, 0.6) is 5.75 Å². The molecule has 0 radical (unpaired) electrons. The SMILES string of the molecule is CC(C)c1nnc(COc2cccnc2[N+](=O)[O-])o1. The van der Waals surface area contributed by atoms with Crippen LogP contribution < -0.4 is 4.74 Å². The van der Waals surface area contributed by atoms with E-state index in [1.807, 2.05) is 13.8 Å². The molecule has 100 valence electrons. The highest BCUT2D eigenvalue weighted by Gasteiger charge is 2.17. The summed E-state index contributed by atoms with van der Waals surface area (Å²) in [4.78, 5) is 13.8. The second-order valence-corrected chi connectivity index (χ2v) is 4.06. The first-order chi connectivity index (χ1) is 9.08. The molecule has 2 rings (SSSR count). The molecular weight excluding hydrogens is 252 g/mol. The summed E-state index contributed by atoms with van der Waals surface area (Å²) < 4.78 is 10.6. The van der Waals surface area contributed by atoms with Gasteiger partial charge in [-0.3, -0.25) is 0 Å². The van der Waals surface area contributed by atoms with E-state index < -0.39 is 4.92 Å². The molecule has 8 heteroatoms. The maximum atomic E-state index is 10.7. The van der Waals surface area contributed by atoms with E-state index in [9.17, 15) is 10.1 Å². The van der Waals surface area contributed by atoms with Gasteiger partial charge in [0.15, 0.2) is 6.61 Å².